The molecule has 0 spiro atoms. The molecule has 98 valence electrons. The van der Waals surface area contributed by atoms with Gasteiger partial charge in [0.25, 0.3) is 0 Å². The average Bonchev–Trinajstić information content (AvgIpc) is 2.94. The van der Waals surface area contributed by atoms with Crippen LogP contribution in [0.2, 0.25) is 5.02 Å². The maximum Gasteiger partial charge on any atom is 0.183 e. The summed E-state index contributed by atoms with van der Waals surface area (Å²) in [6.45, 7) is 4.07. The zero-order chi connectivity index (χ0) is 13.2. The van der Waals surface area contributed by atoms with Crippen LogP contribution in [0.25, 0.3) is 11.4 Å². The van der Waals surface area contributed by atoms with E-state index < -0.39 is 0 Å². The molecule has 1 aromatic carbocycles. The van der Waals surface area contributed by atoms with Crippen molar-refractivity contribution in [2.45, 2.75) is 19.8 Å². The minimum Gasteiger partial charge on any atom is -0.355 e. The summed E-state index contributed by atoms with van der Waals surface area (Å²) >= 11 is 5.89. The summed E-state index contributed by atoms with van der Waals surface area (Å²) in [4.78, 5) is 6.94. The third kappa shape index (κ3) is 2.54. The van der Waals surface area contributed by atoms with Crippen molar-refractivity contribution in [2.75, 3.05) is 18.0 Å². The molecule has 2 heterocycles. The number of nitrogens with zero attached hydrogens (tertiary/aromatic N) is 4. The molecule has 0 aliphatic carbocycles. The Morgan fingerprint density at radius 3 is 2.42 bits per heavy atom. The van der Waals surface area contributed by atoms with E-state index in [1.807, 2.05) is 31.2 Å². The van der Waals surface area contributed by atoms with Gasteiger partial charge >= 0.3 is 0 Å². The SMILES string of the molecule is Cc1nnc(-c2ccc(Cl)cc2)nc1N1CCCC1. The predicted molar refractivity (Wildman–Crippen MR) is 76.5 cm³/mol. The molecule has 2 aromatic rings. The molecule has 3 rings (SSSR count). The van der Waals surface area contributed by atoms with E-state index in [0.29, 0.717) is 10.8 Å². The Morgan fingerprint density at radius 2 is 1.74 bits per heavy atom. The minimum atomic E-state index is 0.657. The topological polar surface area (TPSA) is 41.9 Å². The van der Waals surface area contributed by atoms with Gasteiger partial charge in [-0.15, -0.1) is 10.2 Å². The van der Waals surface area contributed by atoms with Crippen molar-refractivity contribution in [1.82, 2.24) is 15.2 Å². The van der Waals surface area contributed by atoms with Crippen LogP contribution in [0.1, 0.15) is 18.5 Å². The first-order valence-electron chi connectivity index (χ1n) is 6.46. The number of hydrogen-bond donors (Lipinski definition) is 0. The second-order valence-electron chi connectivity index (χ2n) is 4.75. The molecule has 1 aliphatic heterocycles. The molecule has 0 atom stereocenters. The fourth-order valence-electron chi connectivity index (χ4n) is 2.32. The first-order valence-corrected chi connectivity index (χ1v) is 6.84. The van der Waals surface area contributed by atoms with E-state index in [4.69, 9.17) is 11.6 Å². The first kappa shape index (κ1) is 12.4. The molecule has 5 heteroatoms. The Morgan fingerprint density at radius 1 is 1.05 bits per heavy atom. The second-order valence-corrected chi connectivity index (χ2v) is 5.18. The Kier molecular flexibility index (Phi) is 3.34. The number of rotatable bonds is 2. The number of hydrogen-bond acceptors (Lipinski definition) is 4. The number of aromatic nitrogens is 3. The van der Waals surface area contributed by atoms with Crippen LogP contribution in [-0.4, -0.2) is 28.3 Å². The number of benzene rings is 1. The van der Waals surface area contributed by atoms with E-state index in [-0.39, 0.29) is 0 Å². The van der Waals surface area contributed by atoms with Crippen LogP contribution in [-0.2, 0) is 0 Å². The summed E-state index contributed by atoms with van der Waals surface area (Å²) in [5, 5.41) is 9.13. The average molecular weight is 275 g/mol. The monoisotopic (exact) mass is 274 g/mol. The maximum absolute atomic E-state index is 5.89. The summed E-state index contributed by atoms with van der Waals surface area (Å²) in [5.74, 6) is 1.61. The van der Waals surface area contributed by atoms with E-state index in [1.54, 1.807) is 0 Å². The summed E-state index contributed by atoms with van der Waals surface area (Å²) in [6.07, 6.45) is 2.44. The highest BCUT2D eigenvalue weighted by Gasteiger charge is 2.18. The predicted octanol–water partition coefficient (Wildman–Crippen LogP) is 3.10. The molecule has 0 radical (unpaired) electrons. The maximum atomic E-state index is 5.89. The third-order valence-corrected chi connectivity index (χ3v) is 3.59. The Balaban J connectivity index is 1.98. The zero-order valence-corrected chi connectivity index (χ0v) is 11.6. The molecule has 1 saturated heterocycles. The molecule has 4 nitrogen and oxygen atoms in total. The smallest absolute Gasteiger partial charge is 0.183 e. The molecule has 1 fully saturated rings. The fraction of sp³-hybridized carbons (Fsp3) is 0.357. The van der Waals surface area contributed by atoms with Crippen molar-refractivity contribution in [3.8, 4) is 11.4 Å². The second kappa shape index (κ2) is 5.13. The lowest BCUT2D eigenvalue weighted by Crippen LogP contribution is -2.21. The highest BCUT2D eigenvalue weighted by atomic mass is 35.5. The van der Waals surface area contributed by atoms with Crippen molar-refractivity contribution >= 4 is 17.4 Å². The highest BCUT2D eigenvalue weighted by molar-refractivity contribution is 6.30. The van der Waals surface area contributed by atoms with Crippen LogP contribution in [0.4, 0.5) is 5.82 Å². The molecule has 0 bridgehead atoms. The van der Waals surface area contributed by atoms with Crippen molar-refractivity contribution in [1.29, 1.82) is 0 Å². The molecule has 1 aliphatic rings. The van der Waals surface area contributed by atoms with Crippen molar-refractivity contribution in [3.63, 3.8) is 0 Å². The zero-order valence-electron chi connectivity index (χ0n) is 10.8. The molecule has 0 N–H and O–H groups in total. The van der Waals surface area contributed by atoms with Crippen LogP contribution in [0.3, 0.4) is 0 Å². The lowest BCUT2D eigenvalue weighted by Gasteiger charge is -2.18. The fourth-order valence-corrected chi connectivity index (χ4v) is 2.45. The van der Waals surface area contributed by atoms with Gasteiger partial charge < -0.3 is 4.90 Å². The normalized spacial score (nSPS) is 14.9. The molecule has 0 saturated carbocycles. The third-order valence-electron chi connectivity index (χ3n) is 3.34. The van der Waals surface area contributed by atoms with Crippen LogP contribution in [0, 0.1) is 6.92 Å². The lowest BCUT2D eigenvalue weighted by molar-refractivity contribution is 0.864. The van der Waals surface area contributed by atoms with Gasteiger partial charge in [-0.05, 0) is 44.0 Å². The molecular formula is C14H15ClN4. The van der Waals surface area contributed by atoms with E-state index in [1.165, 1.54) is 12.8 Å². The van der Waals surface area contributed by atoms with Gasteiger partial charge in [0, 0.05) is 23.7 Å². The summed E-state index contributed by atoms with van der Waals surface area (Å²) in [7, 11) is 0. The summed E-state index contributed by atoms with van der Waals surface area (Å²) in [5.41, 5.74) is 1.83. The van der Waals surface area contributed by atoms with E-state index >= 15 is 0 Å². The van der Waals surface area contributed by atoms with Crippen LogP contribution >= 0.6 is 11.6 Å². The molecule has 1 aromatic heterocycles. The van der Waals surface area contributed by atoms with Gasteiger partial charge in [-0.25, -0.2) is 4.98 Å². The molecule has 19 heavy (non-hydrogen) atoms. The van der Waals surface area contributed by atoms with Crippen LogP contribution in [0.5, 0.6) is 0 Å². The quantitative estimate of drug-likeness (QED) is 0.844. The van der Waals surface area contributed by atoms with Crippen molar-refractivity contribution in [3.05, 3.63) is 35.0 Å². The van der Waals surface area contributed by atoms with E-state index in [9.17, 15) is 0 Å². The Hall–Kier alpha value is -1.68. The first-order chi connectivity index (χ1) is 9.24. The number of aryl methyl sites for hydroxylation is 1. The number of anilines is 1. The standard InChI is InChI=1S/C14H15ClN4/c1-10-14(19-8-2-3-9-19)16-13(18-17-10)11-4-6-12(15)7-5-11/h4-7H,2-3,8-9H2,1H3. The van der Waals surface area contributed by atoms with E-state index in [0.717, 1.165) is 30.2 Å². The van der Waals surface area contributed by atoms with Crippen molar-refractivity contribution < 1.29 is 0 Å². The van der Waals surface area contributed by atoms with Gasteiger partial charge in [-0.1, -0.05) is 11.6 Å². The van der Waals surface area contributed by atoms with E-state index in [2.05, 4.69) is 20.1 Å². The molecule has 0 amide bonds. The number of halogens is 1. The molecule has 0 unspecified atom stereocenters. The summed E-state index contributed by atoms with van der Waals surface area (Å²) in [6, 6.07) is 7.52. The van der Waals surface area contributed by atoms with Gasteiger partial charge in [0.05, 0.1) is 0 Å². The van der Waals surface area contributed by atoms with Crippen molar-refractivity contribution in [2.24, 2.45) is 0 Å². The van der Waals surface area contributed by atoms with Crippen LogP contribution < -0.4 is 4.90 Å². The van der Waals surface area contributed by atoms with Crippen LogP contribution in [0.15, 0.2) is 24.3 Å². The largest absolute Gasteiger partial charge is 0.355 e. The van der Waals surface area contributed by atoms with Gasteiger partial charge in [0.2, 0.25) is 0 Å². The van der Waals surface area contributed by atoms with Gasteiger partial charge in [-0.3, -0.25) is 0 Å². The highest BCUT2D eigenvalue weighted by Crippen LogP contribution is 2.24. The van der Waals surface area contributed by atoms with Gasteiger partial charge in [-0.2, -0.15) is 0 Å². The molecular weight excluding hydrogens is 260 g/mol. The Labute approximate surface area is 117 Å². The van der Waals surface area contributed by atoms with Gasteiger partial charge in [0.15, 0.2) is 11.6 Å². The van der Waals surface area contributed by atoms with Gasteiger partial charge in [0.1, 0.15) is 5.69 Å². The minimum absolute atomic E-state index is 0.657. The Bertz CT molecular complexity index is 576. The lowest BCUT2D eigenvalue weighted by atomic mass is 10.2. The summed E-state index contributed by atoms with van der Waals surface area (Å²) < 4.78 is 0.